The zero-order valence-electron chi connectivity index (χ0n) is 15.3. The van der Waals surface area contributed by atoms with E-state index >= 15 is 0 Å². The predicted octanol–water partition coefficient (Wildman–Crippen LogP) is 3.27. The maximum absolute atomic E-state index is 12.3. The highest BCUT2D eigenvalue weighted by molar-refractivity contribution is 6.31. The number of nitrogens with one attached hydrogen (secondary N) is 2. The molecule has 0 aliphatic rings. The van der Waals surface area contributed by atoms with Gasteiger partial charge in [0.15, 0.2) is 0 Å². The number of hydrogen-bond acceptors (Lipinski definition) is 6. The van der Waals surface area contributed by atoms with E-state index in [9.17, 15) is 14.9 Å². The van der Waals surface area contributed by atoms with Crippen LogP contribution in [0.5, 0.6) is 5.75 Å². The van der Waals surface area contributed by atoms with Gasteiger partial charge >= 0.3 is 5.97 Å². The fraction of sp³-hybridized carbons (Fsp3) is 0.150. The number of nitrogens with zero attached hydrogens (tertiary/aromatic N) is 1. The largest absolute Gasteiger partial charge is 0.495 e. The van der Waals surface area contributed by atoms with E-state index < -0.39 is 11.9 Å². The van der Waals surface area contributed by atoms with Gasteiger partial charge in [0.05, 0.1) is 25.5 Å². The Hall–Kier alpha value is -3.50. The van der Waals surface area contributed by atoms with Gasteiger partial charge < -0.3 is 20.1 Å². The maximum atomic E-state index is 12.3. The lowest BCUT2D eigenvalue weighted by Gasteiger charge is -2.10. The second-order valence-electron chi connectivity index (χ2n) is 5.54. The lowest BCUT2D eigenvalue weighted by Crippen LogP contribution is -2.17. The van der Waals surface area contributed by atoms with Gasteiger partial charge in [-0.3, -0.25) is 4.79 Å². The molecule has 0 radical (unpaired) electrons. The van der Waals surface area contributed by atoms with Crippen LogP contribution in [0.4, 0.5) is 5.69 Å². The molecule has 2 aromatic carbocycles. The summed E-state index contributed by atoms with van der Waals surface area (Å²) >= 11 is 5.93. The fourth-order valence-corrected chi connectivity index (χ4v) is 2.44. The Morgan fingerprint density at radius 2 is 1.89 bits per heavy atom. The van der Waals surface area contributed by atoms with Gasteiger partial charge in [-0.1, -0.05) is 23.7 Å². The Morgan fingerprint density at radius 3 is 2.50 bits per heavy atom. The van der Waals surface area contributed by atoms with Crippen molar-refractivity contribution in [1.82, 2.24) is 5.32 Å². The van der Waals surface area contributed by atoms with Crippen LogP contribution in [0.3, 0.4) is 0 Å². The van der Waals surface area contributed by atoms with Crippen molar-refractivity contribution < 1.29 is 19.1 Å². The minimum atomic E-state index is -0.600. The number of esters is 1. The minimum Gasteiger partial charge on any atom is -0.495 e. The van der Waals surface area contributed by atoms with Crippen LogP contribution in [0.15, 0.2) is 54.2 Å². The number of nitriles is 1. The average molecular weight is 400 g/mol. The van der Waals surface area contributed by atoms with Gasteiger partial charge in [-0.15, -0.1) is 0 Å². The Labute approximate surface area is 167 Å². The van der Waals surface area contributed by atoms with Gasteiger partial charge in [0.1, 0.15) is 17.4 Å². The third-order valence-electron chi connectivity index (χ3n) is 3.70. The summed E-state index contributed by atoms with van der Waals surface area (Å²) in [4.78, 5) is 23.7. The number of methoxy groups -OCH3 is 2. The van der Waals surface area contributed by atoms with E-state index in [2.05, 4.69) is 15.4 Å². The van der Waals surface area contributed by atoms with E-state index in [1.54, 1.807) is 36.4 Å². The van der Waals surface area contributed by atoms with Crippen molar-refractivity contribution >= 4 is 29.2 Å². The van der Waals surface area contributed by atoms with Crippen LogP contribution in [0.1, 0.15) is 15.9 Å². The highest BCUT2D eigenvalue weighted by Crippen LogP contribution is 2.27. The SMILES string of the molecule is COC(=O)c1ccc(CN/C=C(/C#N)C(=O)Nc2cc(Cl)ccc2OC)cc1. The van der Waals surface area contributed by atoms with Crippen LogP contribution in [0.2, 0.25) is 5.02 Å². The Bertz CT molecular complexity index is 933. The molecular weight excluding hydrogens is 382 g/mol. The molecule has 144 valence electrons. The Kier molecular flexibility index (Phi) is 7.43. The first kappa shape index (κ1) is 20.8. The number of ether oxygens (including phenoxy) is 2. The fourth-order valence-electron chi connectivity index (χ4n) is 2.26. The molecule has 0 aliphatic carbocycles. The number of rotatable bonds is 7. The average Bonchev–Trinajstić information content (AvgIpc) is 2.71. The molecule has 0 spiro atoms. The quantitative estimate of drug-likeness (QED) is 0.421. The first-order chi connectivity index (χ1) is 13.5. The number of amides is 1. The predicted molar refractivity (Wildman–Crippen MR) is 105 cm³/mol. The summed E-state index contributed by atoms with van der Waals surface area (Å²) in [5.74, 6) is -0.593. The molecule has 0 heterocycles. The molecule has 8 heteroatoms. The number of halogens is 1. The lowest BCUT2D eigenvalue weighted by molar-refractivity contribution is -0.112. The van der Waals surface area contributed by atoms with Crippen LogP contribution in [-0.2, 0) is 16.1 Å². The summed E-state index contributed by atoms with van der Waals surface area (Å²) in [6, 6.07) is 13.4. The number of carbonyl (C=O) groups excluding carboxylic acids is 2. The van der Waals surface area contributed by atoms with Crippen LogP contribution in [0.25, 0.3) is 0 Å². The van der Waals surface area contributed by atoms with Gasteiger partial charge in [0, 0.05) is 17.8 Å². The third-order valence-corrected chi connectivity index (χ3v) is 3.94. The second kappa shape index (κ2) is 10.00. The normalized spacial score (nSPS) is 10.6. The van der Waals surface area contributed by atoms with E-state index in [4.69, 9.17) is 16.3 Å². The molecule has 1 amide bonds. The molecule has 2 aromatic rings. The Balaban J connectivity index is 2.02. The molecular formula is C20H18ClN3O4. The van der Waals surface area contributed by atoms with E-state index in [-0.39, 0.29) is 5.57 Å². The summed E-state index contributed by atoms with van der Waals surface area (Å²) in [7, 11) is 2.78. The van der Waals surface area contributed by atoms with Crippen molar-refractivity contribution in [3.05, 3.63) is 70.4 Å². The molecule has 0 atom stereocenters. The summed E-state index contributed by atoms with van der Waals surface area (Å²) in [6.07, 6.45) is 1.32. The highest BCUT2D eigenvalue weighted by atomic mass is 35.5. The second-order valence-corrected chi connectivity index (χ2v) is 5.97. The highest BCUT2D eigenvalue weighted by Gasteiger charge is 2.13. The van der Waals surface area contributed by atoms with Gasteiger partial charge in [-0.25, -0.2) is 4.79 Å². The molecule has 0 unspecified atom stereocenters. The first-order valence-corrected chi connectivity index (χ1v) is 8.52. The maximum Gasteiger partial charge on any atom is 0.337 e. The third kappa shape index (κ3) is 5.50. The van der Waals surface area contributed by atoms with Crippen LogP contribution < -0.4 is 15.4 Å². The summed E-state index contributed by atoms with van der Waals surface area (Å²) < 4.78 is 9.80. The van der Waals surface area contributed by atoms with E-state index in [0.29, 0.717) is 28.6 Å². The van der Waals surface area contributed by atoms with Crippen molar-refractivity contribution in [2.24, 2.45) is 0 Å². The number of benzene rings is 2. The topological polar surface area (TPSA) is 100 Å². The number of carbonyl (C=O) groups is 2. The molecule has 7 nitrogen and oxygen atoms in total. The Morgan fingerprint density at radius 1 is 1.18 bits per heavy atom. The van der Waals surface area contributed by atoms with Gasteiger partial charge in [-0.05, 0) is 35.9 Å². The van der Waals surface area contributed by atoms with Crippen molar-refractivity contribution in [2.45, 2.75) is 6.54 Å². The van der Waals surface area contributed by atoms with Gasteiger partial charge in [-0.2, -0.15) is 5.26 Å². The van der Waals surface area contributed by atoms with Crippen LogP contribution in [-0.4, -0.2) is 26.1 Å². The van der Waals surface area contributed by atoms with Crippen molar-refractivity contribution in [3.8, 4) is 11.8 Å². The number of anilines is 1. The van der Waals surface area contributed by atoms with Crippen molar-refractivity contribution in [1.29, 1.82) is 5.26 Å². The van der Waals surface area contributed by atoms with Crippen molar-refractivity contribution in [2.75, 3.05) is 19.5 Å². The monoisotopic (exact) mass is 399 g/mol. The molecule has 2 rings (SSSR count). The summed E-state index contributed by atoms with van der Waals surface area (Å²) in [5, 5.41) is 15.2. The van der Waals surface area contributed by atoms with Gasteiger partial charge in [0.25, 0.3) is 5.91 Å². The standard InChI is InChI=1S/C20H18ClN3O4/c1-27-18-8-7-16(21)9-17(18)24-19(25)15(10-22)12-23-11-13-3-5-14(6-4-13)20(26)28-2/h3-9,12,23H,11H2,1-2H3,(H,24,25)/b15-12-. The molecule has 0 bridgehead atoms. The zero-order chi connectivity index (χ0) is 20.5. The van der Waals surface area contributed by atoms with Gasteiger partial charge in [0.2, 0.25) is 0 Å². The van der Waals surface area contributed by atoms with Crippen LogP contribution in [0, 0.1) is 11.3 Å². The molecule has 0 fully saturated rings. The lowest BCUT2D eigenvalue weighted by atomic mass is 10.1. The molecule has 0 aliphatic heterocycles. The molecule has 28 heavy (non-hydrogen) atoms. The molecule has 2 N–H and O–H groups in total. The molecule has 0 aromatic heterocycles. The molecule has 0 saturated carbocycles. The first-order valence-electron chi connectivity index (χ1n) is 8.14. The van der Waals surface area contributed by atoms with Crippen LogP contribution >= 0.6 is 11.6 Å². The minimum absolute atomic E-state index is 0.117. The number of hydrogen-bond donors (Lipinski definition) is 2. The smallest absolute Gasteiger partial charge is 0.337 e. The summed E-state index contributed by atoms with van der Waals surface area (Å²) in [5.41, 5.74) is 1.54. The van der Waals surface area contributed by atoms with E-state index in [0.717, 1.165) is 5.56 Å². The molecule has 0 saturated heterocycles. The van der Waals surface area contributed by atoms with E-state index in [1.807, 2.05) is 6.07 Å². The summed E-state index contributed by atoms with van der Waals surface area (Å²) in [6.45, 7) is 0.362. The van der Waals surface area contributed by atoms with E-state index in [1.165, 1.54) is 26.5 Å². The van der Waals surface area contributed by atoms with Crippen molar-refractivity contribution in [3.63, 3.8) is 0 Å². The zero-order valence-corrected chi connectivity index (χ0v) is 16.0.